The van der Waals surface area contributed by atoms with Gasteiger partial charge in [-0.15, -0.1) is 0 Å². The van der Waals surface area contributed by atoms with Gasteiger partial charge in [0.1, 0.15) is 12.4 Å². The number of aromatic nitrogens is 2. The van der Waals surface area contributed by atoms with Gasteiger partial charge in [0.15, 0.2) is 0 Å². The molecule has 0 fully saturated rings. The predicted molar refractivity (Wildman–Crippen MR) is 116 cm³/mol. The van der Waals surface area contributed by atoms with E-state index in [0.717, 1.165) is 17.5 Å². The molecule has 0 atom stereocenters. The fourth-order valence-electron chi connectivity index (χ4n) is 3.17. The zero-order valence-corrected chi connectivity index (χ0v) is 17.7. The van der Waals surface area contributed by atoms with E-state index in [0.29, 0.717) is 17.8 Å². The summed E-state index contributed by atoms with van der Waals surface area (Å²) in [5, 5.41) is 7.15. The first-order valence-electron chi connectivity index (χ1n) is 10.3. The molecule has 0 aliphatic heterocycles. The minimum absolute atomic E-state index is 0.0294. The van der Waals surface area contributed by atoms with E-state index in [1.165, 1.54) is 12.1 Å². The molecule has 0 unspecified atom stereocenters. The number of nitrogens with zero attached hydrogens (tertiary/aromatic N) is 2. The van der Waals surface area contributed by atoms with Crippen molar-refractivity contribution >= 4 is 11.9 Å². The van der Waals surface area contributed by atoms with Gasteiger partial charge in [0, 0.05) is 30.4 Å². The first kappa shape index (κ1) is 22.2. The Labute approximate surface area is 181 Å². The van der Waals surface area contributed by atoms with Crippen LogP contribution in [0.25, 0.3) is 11.3 Å². The maximum absolute atomic E-state index is 14.2. The van der Waals surface area contributed by atoms with Crippen molar-refractivity contribution in [3.63, 3.8) is 0 Å². The van der Waals surface area contributed by atoms with Crippen LogP contribution in [-0.2, 0) is 29.1 Å². The SMILES string of the molecule is CCc1cn(CC)nc1-c1cc(F)cc(C(=O)NCCC(=O)OCc2ccccc2)c1. The Kier molecular flexibility index (Phi) is 7.54. The number of esters is 1. The average molecular weight is 423 g/mol. The molecular formula is C24H26FN3O3. The molecule has 0 spiro atoms. The standard InChI is InChI=1S/C24H26FN3O3/c1-3-18-15-28(4-2)27-23(18)19-12-20(14-21(25)13-19)24(30)26-11-10-22(29)31-16-17-8-6-5-7-9-17/h5-9,12-15H,3-4,10-11,16H2,1-2H3,(H,26,30). The molecule has 0 saturated carbocycles. The van der Waals surface area contributed by atoms with Crippen molar-refractivity contribution in [1.29, 1.82) is 0 Å². The minimum atomic E-state index is -0.516. The smallest absolute Gasteiger partial charge is 0.307 e. The molecule has 1 N–H and O–H groups in total. The zero-order valence-electron chi connectivity index (χ0n) is 17.7. The maximum atomic E-state index is 14.2. The Morgan fingerprint density at radius 1 is 1.13 bits per heavy atom. The number of carbonyl (C=O) groups is 2. The van der Waals surface area contributed by atoms with Crippen molar-refractivity contribution in [2.45, 2.75) is 39.8 Å². The highest BCUT2D eigenvalue weighted by Crippen LogP contribution is 2.25. The largest absolute Gasteiger partial charge is 0.461 e. The summed E-state index contributed by atoms with van der Waals surface area (Å²) in [5.41, 5.74) is 3.28. The molecule has 1 amide bonds. The van der Waals surface area contributed by atoms with Crippen LogP contribution >= 0.6 is 0 Å². The van der Waals surface area contributed by atoms with E-state index >= 15 is 0 Å². The molecule has 2 aromatic carbocycles. The predicted octanol–water partition coefficient (Wildman–Crippen LogP) is 4.13. The molecule has 3 aromatic rings. The van der Waals surface area contributed by atoms with Gasteiger partial charge in [-0.1, -0.05) is 37.3 Å². The molecule has 162 valence electrons. The maximum Gasteiger partial charge on any atom is 0.307 e. The summed E-state index contributed by atoms with van der Waals surface area (Å²) in [6.45, 7) is 4.97. The van der Waals surface area contributed by atoms with Crippen molar-refractivity contribution in [2.75, 3.05) is 6.54 Å². The summed E-state index contributed by atoms with van der Waals surface area (Å²) in [6, 6.07) is 13.5. The summed E-state index contributed by atoms with van der Waals surface area (Å²) in [7, 11) is 0. The Bertz CT molecular complexity index is 1050. The van der Waals surface area contributed by atoms with E-state index in [1.54, 1.807) is 10.7 Å². The number of nitrogens with one attached hydrogen (secondary N) is 1. The first-order valence-corrected chi connectivity index (χ1v) is 10.3. The van der Waals surface area contributed by atoms with Crippen LogP contribution in [0.2, 0.25) is 0 Å². The molecule has 6 nitrogen and oxygen atoms in total. The van der Waals surface area contributed by atoms with Crippen LogP contribution in [0.1, 0.15) is 41.8 Å². The zero-order chi connectivity index (χ0) is 22.2. The van der Waals surface area contributed by atoms with E-state index in [9.17, 15) is 14.0 Å². The highest BCUT2D eigenvalue weighted by atomic mass is 19.1. The van der Waals surface area contributed by atoms with Crippen molar-refractivity contribution < 1.29 is 18.7 Å². The van der Waals surface area contributed by atoms with Crippen LogP contribution in [0.5, 0.6) is 0 Å². The topological polar surface area (TPSA) is 73.2 Å². The van der Waals surface area contributed by atoms with Gasteiger partial charge in [-0.05, 0) is 42.7 Å². The lowest BCUT2D eigenvalue weighted by Gasteiger charge is -2.08. The Morgan fingerprint density at radius 3 is 2.61 bits per heavy atom. The van der Waals surface area contributed by atoms with Gasteiger partial charge in [-0.3, -0.25) is 14.3 Å². The quantitative estimate of drug-likeness (QED) is 0.525. The van der Waals surface area contributed by atoms with Crippen molar-refractivity contribution in [1.82, 2.24) is 15.1 Å². The first-order chi connectivity index (χ1) is 15.0. The van der Waals surface area contributed by atoms with E-state index in [4.69, 9.17) is 4.74 Å². The molecule has 0 radical (unpaired) electrons. The molecule has 0 bridgehead atoms. The lowest BCUT2D eigenvalue weighted by molar-refractivity contribution is -0.144. The van der Waals surface area contributed by atoms with Crippen molar-refractivity contribution in [3.8, 4) is 11.3 Å². The van der Waals surface area contributed by atoms with Gasteiger partial charge in [0.2, 0.25) is 0 Å². The van der Waals surface area contributed by atoms with E-state index in [-0.39, 0.29) is 25.1 Å². The lowest BCUT2D eigenvalue weighted by atomic mass is 10.0. The number of aryl methyl sites for hydroxylation is 2. The Morgan fingerprint density at radius 2 is 1.90 bits per heavy atom. The highest BCUT2D eigenvalue weighted by Gasteiger charge is 2.15. The van der Waals surface area contributed by atoms with E-state index in [2.05, 4.69) is 10.4 Å². The summed E-state index contributed by atoms with van der Waals surface area (Å²) < 4.78 is 21.2. The lowest BCUT2D eigenvalue weighted by Crippen LogP contribution is -2.26. The normalized spacial score (nSPS) is 10.7. The average Bonchev–Trinajstić information content (AvgIpc) is 3.21. The van der Waals surface area contributed by atoms with Crippen LogP contribution in [0.3, 0.4) is 0 Å². The number of hydrogen-bond acceptors (Lipinski definition) is 4. The van der Waals surface area contributed by atoms with Gasteiger partial charge in [-0.25, -0.2) is 4.39 Å². The third-order valence-electron chi connectivity index (χ3n) is 4.83. The van der Waals surface area contributed by atoms with Gasteiger partial charge in [0.25, 0.3) is 5.91 Å². The third-order valence-corrected chi connectivity index (χ3v) is 4.83. The number of carbonyl (C=O) groups excluding carboxylic acids is 2. The van der Waals surface area contributed by atoms with E-state index in [1.807, 2.05) is 50.4 Å². The second kappa shape index (κ2) is 10.5. The monoisotopic (exact) mass is 423 g/mol. The van der Waals surface area contributed by atoms with Crippen LogP contribution < -0.4 is 5.32 Å². The highest BCUT2D eigenvalue weighted by molar-refractivity contribution is 5.95. The molecule has 0 aliphatic carbocycles. The molecule has 0 saturated heterocycles. The second-order valence-corrected chi connectivity index (χ2v) is 7.09. The summed E-state index contributed by atoms with van der Waals surface area (Å²) >= 11 is 0. The van der Waals surface area contributed by atoms with Gasteiger partial charge >= 0.3 is 5.97 Å². The van der Waals surface area contributed by atoms with E-state index < -0.39 is 17.7 Å². The van der Waals surface area contributed by atoms with Crippen LogP contribution in [-0.4, -0.2) is 28.2 Å². The number of benzene rings is 2. The Hall–Kier alpha value is -3.48. The third kappa shape index (κ3) is 6.01. The Balaban J connectivity index is 1.59. The molecule has 1 heterocycles. The summed E-state index contributed by atoms with van der Waals surface area (Å²) in [6.07, 6.45) is 2.71. The van der Waals surface area contributed by atoms with Crippen LogP contribution in [0.4, 0.5) is 4.39 Å². The number of hydrogen-bond donors (Lipinski definition) is 1. The second-order valence-electron chi connectivity index (χ2n) is 7.09. The van der Waals surface area contributed by atoms with Crippen LogP contribution in [0, 0.1) is 5.82 Å². The van der Waals surface area contributed by atoms with Crippen molar-refractivity contribution in [2.24, 2.45) is 0 Å². The minimum Gasteiger partial charge on any atom is -0.461 e. The molecule has 7 heteroatoms. The van der Waals surface area contributed by atoms with Gasteiger partial charge in [0.05, 0.1) is 12.1 Å². The molecule has 0 aliphatic rings. The number of rotatable bonds is 9. The number of halogens is 1. The molecule has 1 aromatic heterocycles. The van der Waals surface area contributed by atoms with Crippen LogP contribution in [0.15, 0.2) is 54.7 Å². The summed E-state index contributed by atoms with van der Waals surface area (Å²) in [4.78, 5) is 24.4. The molecule has 3 rings (SSSR count). The molecular weight excluding hydrogens is 397 g/mol. The van der Waals surface area contributed by atoms with Gasteiger partial charge in [-0.2, -0.15) is 5.10 Å². The number of ether oxygens (including phenoxy) is 1. The van der Waals surface area contributed by atoms with Crippen molar-refractivity contribution in [3.05, 3.63) is 77.2 Å². The number of amides is 1. The molecule has 31 heavy (non-hydrogen) atoms. The fraction of sp³-hybridized carbons (Fsp3) is 0.292. The summed E-state index contributed by atoms with van der Waals surface area (Å²) in [5.74, 6) is -1.38. The van der Waals surface area contributed by atoms with Gasteiger partial charge < -0.3 is 10.1 Å². The fourth-order valence-corrected chi connectivity index (χ4v) is 3.17.